The van der Waals surface area contributed by atoms with Crippen LogP contribution in [0.1, 0.15) is 62.5 Å². The van der Waals surface area contributed by atoms with Crippen molar-refractivity contribution in [1.29, 1.82) is 0 Å². The van der Waals surface area contributed by atoms with Crippen molar-refractivity contribution in [2.24, 2.45) is 0 Å². The summed E-state index contributed by atoms with van der Waals surface area (Å²) >= 11 is 0. The molecule has 0 saturated heterocycles. The lowest BCUT2D eigenvalue weighted by atomic mass is 9.84. The van der Waals surface area contributed by atoms with Crippen molar-refractivity contribution < 1.29 is 0 Å². The lowest BCUT2D eigenvalue weighted by Gasteiger charge is -2.22. The molecular formula is C21H28. The van der Waals surface area contributed by atoms with Crippen molar-refractivity contribution in [3.63, 3.8) is 0 Å². The molecule has 0 aliphatic heterocycles. The van der Waals surface area contributed by atoms with Gasteiger partial charge in [0.2, 0.25) is 0 Å². The molecule has 0 nitrogen and oxygen atoms in total. The van der Waals surface area contributed by atoms with E-state index in [1.807, 2.05) is 13.0 Å². The molecule has 0 bridgehead atoms. The van der Waals surface area contributed by atoms with Gasteiger partial charge in [-0.15, -0.1) is 0 Å². The Kier molecular flexibility index (Phi) is 6.04. The normalized spacial score (nSPS) is 16.2. The summed E-state index contributed by atoms with van der Waals surface area (Å²) in [6, 6.07) is 9.30. The molecule has 0 radical (unpaired) electrons. The van der Waals surface area contributed by atoms with Gasteiger partial charge < -0.3 is 0 Å². The Morgan fingerprint density at radius 2 is 1.71 bits per heavy atom. The summed E-state index contributed by atoms with van der Waals surface area (Å²) in [6.07, 6.45) is 13.2. The largest absolute Gasteiger partial charge is 0.0961 e. The van der Waals surface area contributed by atoms with Gasteiger partial charge in [-0.25, -0.2) is 0 Å². The standard InChI is InChI=1S/C21H28/c1-17(2)9-10-18(3)11-12-19-13-15-21(16-14-19)20-7-5-4-6-8-20/h9-10,13-16,20H,1,3-8,11-12H2,2H3/b10-9-. The number of hydrogen-bond acceptors (Lipinski definition) is 0. The molecule has 1 aliphatic carbocycles. The molecule has 1 aromatic carbocycles. The minimum absolute atomic E-state index is 0.807. The second-order valence-corrected chi connectivity index (χ2v) is 6.41. The average Bonchev–Trinajstić information content (AvgIpc) is 2.52. The Balaban J connectivity index is 1.84. The summed E-state index contributed by atoms with van der Waals surface area (Å²) in [6.45, 7) is 9.98. The molecule has 1 aromatic rings. The zero-order chi connectivity index (χ0) is 15.1. The number of hydrogen-bond donors (Lipinski definition) is 0. The van der Waals surface area contributed by atoms with Gasteiger partial charge in [-0.05, 0) is 49.7 Å². The third kappa shape index (κ3) is 5.38. The summed E-state index contributed by atoms with van der Waals surface area (Å²) in [7, 11) is 0. The molecule has 1 fully saturated rings. The molecule has 2 rings (SSSR count). The summed E-state index contributed by atoms with van der Waals surface area (Å²) in [5, 5.41) is 0. The second kappa shape index (κ2) is 8.02. The van der Waals surface area contributed by atoms with Gasteiger partial charge in [-0.1, -0.05) is 80.0 Å². The molecule has 0 heterocycles. The highest BCUT2D eigenvalue weighted by molar-refractivity contribution is 5.28. The molecular weight excluding hydrogens is 252 g/mol. The smallest absolute Gasteiger partial charge is 0.0162 e. The van der Waals surface area contributed by atoms with Gasteiger partial charge in [0.05, 0.1) is 0 Å². The van der Waals surface area contributed by atoms with Crippen molar-refractivity contribution in [3.05, 3.63) is 71.8 Å². The topological polar surface area (TPSA) is 0 Å². The first kappa shape index (κ1) is 15.8. The highest BCUT2D eigenvalue weighted by Gasteiger charge is 2.14. The fraction of sp³-hybridized carbons (Fsp3) is 0.429. The molecule has 0 spiro atoms. The van der Waals surface area contributed by atoms with E-state index in [4.69, 9.17) is 0 Å². The molecule has 0 atom stereocenters. The summed E-state index contributed by atoms with van der Waals surface area (Å²) < 4.78 is 0. The van der Waals surface area contributed by atoms with Gasteiger partial charge in [0.25, 0.3) is 0 Å². The maximum atomic E-state index is 4.10. The molecule has 0 aromatic heterocycles. The van der Waals surface area contributed by atoms with E-state index in [1.165, 1.54) is 43.2 Å². The second-order valence-electron chi connectivity index (χ2n) is 6.41. The third-order valence-electron chi connectivity index (χ3n) is 4.39. The monoisotopic (exact) mass is 280 g/mol. The Labute approximate surface area is 130 Å². The number of aryl methyl sites for hydroxylation is 1. The first-order chi connectivity index (χ1) is 10.1. The van der Waals surface area contributed by atoms with E-state index >= 15 is 0 Å². The van der Waals surface area contributed by atoms with Gasteiger partial charge in [0.15, 0.2) is 0 Å². The highest BCUT2D eigenvalue weighted by Crippen LogP contribution is 2.32. The molecule has 0 heteroatoms. The van der Waals surface area contributed by atoms with Gasteiger partial charge in [-0.3, -0.25) is 0 Å². The van der Waals surface area contributed by atoms with Gasteiger partial charge in [0.1, 0.15) is 0 Å². The quantitative estimate of drug-likeness (QED) is 0.532. The molecule has 112 valence electrons. The van der Waals surface area contributed by atoms with Crippen LogP contribution in [-0.4, -0.2) is 0 Å². The minimum atomic E-state index is 0.807. The van der Waals surface area contributed by atoms with E-state index < -0.39 is 0 Å². The van der Waals surface area contributed by atoms with Crippen LogP contribution in [-0.2, 0) is 6.42 Å². The van der Waals surface area contributed by atoms with Gasteiger partial charge in [0, 0.05) is 0 Å². The van der Waals surface area contributed by atoms with E-state index in [9.17, 15) is 0 Å². The van der Waals surface area contributed by atoms with Crippen LogP contribution in [0.15, 0.2) is 60.7 Å². The summed E-state index contributed by atoms with van der Waals surface area (Å²) in [4.78, 5) is 0. The first-order valence-corrected chi connectivity index (χ1v) is 8.25. The van der Waals surface area contributed by atoms with Crippen LogP contribution in [0.3, 0.4) is 0 Å². The fourth-order valence-electron chi connectivity index (χ4n) is 3.04. The zero-order valence-electron chi connectivity index (χ0n) is 13.4. The maximum absolute atomic E-state index is 4.10. The van der Waals surface area contributed by atoms with Crippen LogP contribution in [0.25, 0.3) is 0 Å². The Morgan fingerprint density at radius 3 is 2.33 bits per heavy atom. The van der Waals surface area contributed by atoms with Crippen LogP contribution < -0.4 is 0 Å². The van der Waals surface area contributed by atoms with E-state index in [1.54, 1.807) is 5.56 Å². The van der Waals surface area contributed by atoms with Crippen molar-refractivity contribution in [1.82, 2.24) is 0 Å². The SMILES string of the molecule is C=C(C)/C=C\C(=C)CCc1ccc(C2CCCCC2)cc1. The van der Waals surface area contributed by atoms with E-state index in [0.29, 0.717) is 0 Å². The first-order valence-electron chi connectivity index (χ1n) is 8.25. The Hall–Kier alpha value is -1.56. The van der Waals surface area contributed by atoms with Crippen LogP contribution in [0, 0.1) is 0 Å². The molecule has 21 heavy (non-hydrogen) atoms. The van der Waals surface area contributed by atoms with Crippen molar-refractivity contribution in [2.75, 3.05) is 0 Å². The van der Waals surface area contributed by atoms with E-state index in [0.717, 1.165) is 24.3 Å². The Bertz CT molecular complexity index is 495. The molecule has 0 amide bonds. The van der Waals surface area contributed by atoms with Gasteiger partial charge in [-0.2, -0.15) is 0 Å². The molecule has 1 saturated carbocycles. The van der Waals surface area contributed by atoms with Crippen LogP contribution in [0.2, 0.25) is 0 Å². The predicted molar refractivity (Wildman–Crippen MR) is 93.7 cm³/mol. The van der Waals surface area contributed by atoms with Crippen molar-refractivity contribution in [3.8, 4) is 0 Å². The molecule has 0 unspecified atom stereocenters. The summed E-state index contributed by atoms with van der Waals surface area (Å²) in [5.74, 6) is 0.807. The Morgan fingerprint density at radius 1 is 1.05 bits per heavy atom. The lowest BCUT2D eigenvalue weighted by molar-refractivity contribution is 0.443. The fourth-order valence-corrected chi connectivity index (χ4v) is 3.04. The molecule has 0 N–H and O–H groups in total. The van der Waals surface area contributed by atoms with E-state index in [2.05, 4.69) is 43.5 Å². The van der Waals surface area contributed by atoms with Crippen LogP contribution >= 0.6 is 0 Å². The van der Waals surface area contributed by atoms with Gasteiger partial charge >= 0.3 is 0 Å². The maximum Gasteiger partial charge on any atom is -0.0162 e. The zero-order valence-corrected chi connectivity index (χ0v) is 13.4. The van der Waals surface area contributed by atoms with Crippen molar-refractivity contribution in [2.45, 2.75) is 57.8 Å². The van der Waals surface area contributed by atoms with E-state index in [-0.39, 0.29) is 0 Å². The summed E-state index contributed by atoms with van der Waals surface area (Å²) in [5.41, 5.74) is 5.21. The van der Waals surface area contributed by atoms with Crippen LogP contribution in [0.4, 0.5) is 0 Å². The number of benzene rings is 1. The lowest BCUT2D eigenvalue weighted by Crippen LogP contribution is -2.04. The van der Waals surface area contributed by atoms with Crippen molar-refractivity contribution >= 4 is 0 Å². The minimum Gasteiger partial charge on any atom is -0.0961 e. The highest BCUT2D eigenvalue weighted by atomic mass is 14.2. The van der Waals surface area contributed by atoms with Crippen LogP contribution in [0.5, 0.6) is 0 Å². The number of rotatable bonds is 6. The molecule has 1 aliphatic rings. The predicted octanol–water partition coefficient (Wildman–Crippen LogP) is 6.36. The average molecular weight is 280 g/mol. The number of allylic oxidation sites excluding steroid dienone is 4. The third-order valence-corrected chi connectivity index (χ3v) is 4.39.